The highest BCUT2D eigenvalue weighted by Gasteiger charge is 2.26. The fourth-order valence-corrected chi connectivity index (χ4v) is 3.21. The molecule has 2 aromatic carbocycles. The zero-order valence-electron chi connectivity index (χ0n) is 15.3. The van der Waals surface area contributed by atoms with Crippen LogP contribution in [0.1, 0.15) is 12.0 Å². The van der Waals surface area contributed by atoms with Crippen molar-refractivity contribution in [1.29, 1.82) is 0 Å². The van der Waals surface area contributed by atoms with E-state index in [-0.39, 0.29) is 24.8 Å². The summed E-state index contributed by atoms with van der Waals surface area (Å²) in [5, 5.41) is 0.585. The molecule has 0 saturated carbocycles. The number of anilines is 1. The Kier molecular flexibility index (Phi) is 5.86. The quantitative estimate of drug-likeness (QED) is 0.762. The van der Waals surface area contributed by atoms with Crippen LogP contribution in [0.3, 0.4) is 0 Å². The number of para-hydroxylation sites is 2. The van der Waals surface area contributed by atoms with Crippen molar-refractivity contribution in [3.05, 3.63) is 53.1 Å². The number of hydrogen-bond acceptors (Lipinski definition) is 4. The van der Waals surface area contributed by atoms with Gasteiger partial charge >= 0.3 is 0 Å². The molecule has 0 aliphatic carbocycles. The summed E-state index contributed by atoms with van der Waals surface area (Å²) >= 11 is 6.05. The van der Waals surface area contributed by atoms with Crippen molar-refractivity contribution in [2.75, 3.05) is 32.2 Å². The van der Waals surface area contributed by atoms with Crippen molar-refractivity contribution in [3.8, 4) is 11.5 Å². The van der Waals surface area contributed by atoms with E-state index < -0.39 is 0 Å². The smallest absolute Gasteiger partial charge is 0.265 e. The first-order valence-electron chi connectivity index (χ1n) is 8.58. The highest BCUT2D eigenvalue weighted by molar-refractivity contribution is 6.30. The molecule has 0 unspecified atom stereocenters. The highest BCUT2D eigenvalue weighted by atomic mass is 35.5. The van der Waals surface area contributed by atoms with E-state index in [1.807, 2.05) is 24.3 Å². The van der Waals surface area contributed by atoms with Crippen LogP contribution in [0.5, 0.6) is 11.5 Å². The number of carbonyl (C=O) groups is 2. The van der Waals surface area contributed by atoms with E-state index in [1.165, 1.54) is 0 Å². The number of ether oxygens (including phenoxy) is 2. The van der Waals surface area contributed by atoms with Crippen LogP contribution in [0.15, 0.2) is 42.5 Å². The van der Waals surface area contributed by atoms with Crippen molar-refractivity contribution < 1.29 is 19.1 Å². The van der Waals surface area contributed by atoms with E-state index in [0.717, 1.165) is 5.56 Å². The average Bonchev–Trinajstić information content (AvgIpc) is 2.67. The van der Waals surface area contributed by atoms with E-state index in [2.05, 4.69) is 0 Å². The lowest BCUT2D eigenvalue weighted by atomic mass is 10.1. The fourth-order valence-electron chi connectivity index (χ4n) is 3.01. The fraction of sp³-hybridized carbons (Fsp3) is 0.300. The predicted molar refractivity (Wildman–Crippen MR) is 103 cm³/mol. The van der Waals surface area contributed by atoms with Crippen LogP contribution in [0.25, 0.3) is 0 Å². The molecule has 0 bridgehead atoms. The molecule has 27 heavy (non-hydrogen) atoms. The Morgan fingerprint density at radius 2 is 2.07 bits per heavy atom. The zero-order valence-corrected chi connectivity index (χ0v) is 16.0. The van der Waals surface area contributed by atoms with Gasteiger partial charge in [-0.1, -0.05) is 23.7 Å². The van der Waals surface area contributed by atoms with Gasteiger partial charge in [0.05, 0.1) is 12.8 Å². The van der Waals surface area contributed by atoms with Gasteiger partial charge in [0.25, 0.3) is 5.91 Å². The standard InChI is InChI=1S/C20H21ClN2O4/c1-22(12-14-11-15(21)7-8-17(14)26-2)19(24)9-10-23-16-5-3-4-6-18(16)27-13-20(23)25/h3-8,11H,9-10,12-13H2,1-2H3. The number of halogens is 1. The van der Waals surface area contributed by atoms with E-state index in [1.54, 1.807) is 42.2 Å². The largest absolute Gasteiger partial charge is 0.496 e. The topological polar surface area (TPSA) is 59.1 Å². The molecule has 1 heterocycles. The van der Waals surface area contributed by atoms with Gasteiger partial charge in [0.1, 0.15) is 11.5 Å². The molecule has 0 aromatic heterocycles. The lowest BCUT2D eigenvalue weighted by molar-refractivity contribution is -0.130. The number of rotatable bonds is 6. The maximum atomic E-state index is 12.6. The Labute approximate surface area is 163 Å². The summed E-state index contributed by atoms with van der Waals surface area (Å²) in [6, 6.07) is 12.6. The predicted octanol–water partition coefficient (Wildman–Crippen LogP) is 3.12. The molecule has 2 amide bonds. The van der Waals surface area contributed by atoms with E-state index in [4.69, 9.17) is 21.1 Å². The molecular formula is C20H21ClN2O4. The van der Waals surface area contributed by atoms with Crippen LogP contribution >= 0.6 is 11.6 Å². The highest BCUT2D eigenvalue weighted by Crippen LogP contribution is 2.31. The third-order valence-electron chi connectivity index (χ3n) is 4.43. The van der Waals surface area contributed by atoms with Gasteiger partial charge in [-0.3, -0.25) is 9.59 Å². The van der Waals surface area contributed by atoms with E-state index in [9.17, 15) is 9.59 Å². The van der Waals surface area contributed by atoms with Crippen molar-refractivity contribution in [2.45, 2.75) is 13.0 Å². The molecule has 0 radical (unpaired) electrons. The summed E-state index contributed by atoms with van der Waals surface area (Å²) in [5.41, 5.74) is 1.52. The summed E-state index contributed by atoms with van der Waals surface area (Å²) in [6.07, 6.45) is 0.208. The Hall–Kier alpha value is -2.73. The monoisotopic (exact) mass is 388 g/mol. The molecule has 1 aliphatic rings. The maximum Gasteiger partial charge on any atom is 0.265 e. The minimum absolute atomic E-state index is 0.0131. The molecule has 0 atom stereocenters. The zero-order chi connectivity index (χ0) is 19.4. The summed E-state index contributed by atoms with van der Waals surface area (Å²) < 4.78 is 10.7. The van der Waals surface area contributed by atoms with Gasteiger partial charge in [-0.05, 0) is 30.3 Å². The van der Waals surface area contributed by atoms with Gasteiger partial charge in [0.15, 0.2) is 6.61 Å². The van der Waals surface area contributed by atoms with Crippen LogP contribution in [0.4, 0.5) is 5.69 Å². The van der Waals surface area contributed by atoms with Gasteiger partial charge in [0, 0.05) is 37.1 Å². The molecule has 0 saturated heterocycles. The van der Waals surface area contributed by atoms with E-state index >= 15 is 0 Å². The summed E-state index contributed by atoms with van der Waals surface area (Å²) in [6.45, 7) is 0.659. The van der Waals surface area contributed by atoms with Crippen molar-refractivity contribution in [3.63, 3.8) is 0 Å². The molecule has 1 aliphatic heterocycles. The Morgan fingerprint density at radius 1 is 1.30 bits per heavy atom. The Bertz CT molecular complexity index is 856. The van der Waals surface area contributed by atoms with Gasteiger partial charge in [0.2, 0.25) is 5.91 Å². The Balaban J connectivity index is 1.64. The summed E-state index contributed by atoms with van der Waals surface area (Å²) in [5.74, 6) is 1.10. The van der Waals surface area contributed by atoms with Crippen molar-refractivity contribution in [2.24, 2.45) is 0 Å². The second-order valence-corrected chi connectivity index (χ2v) is 6.69. The van der Waals surface area contributed by atoms with Crippen LogP contribution in [-0.4, -0.2) is 44.0 Å². The van der Waals surface area contributed by atoms with E-state index in [0.29, 0.717) is 35.3 Å². The molecule has 3 rings (SSSR count). The lowest BCUT2D eigenvalue weighted by Crippen LogP contribution is -2.41. The molecule has 0 fully saturated rings. The van der Waals surface area contributed by atoms with Crippen LogP contribution in [0.2, 0.25) is 5.02 Å². The molecule has 6 nitrogen and oxygen atoms in total. The molecule has 0 spiro atoms. The van der Waals surface area contributed by atoms with Gasteiger partial charge in [-0.25, -0.2) is 0 Å². The number of hydrogen-bond donors (Lipinski definition) is 0. The van der Waals surface area contributed by atoms with Crippen molar-refractivity contribution >= 4 is 29.1 Å². The first kappa shape index (κ1) is 19.0. The van der Waals surface area contributed by atoms with Crippen LogP contribution in [-0.2, 0) is 16.1 Å². The third kappa shape index (κ3) is 4.34. The van der Waals surface area contributed by atoms with Crippen LogP contribution in [0, 0.1) is 0 Å². The molecule has 142 valence electrons. The summed E-state index contributed by atoms with van der Waals surface area (Å²) in [4.78, 5) is 28.0. The maximum absolute atomic E-state index is 12.6. The number of fused-ring (bicyclic) bond motifs is 1. The molecular weight excluding hydrogens is 368 g/mol. The average molecular weight is 389 g/mol. The van der Waals surface area contributed by atoms with Crippen LogP contribution < -0.4 is 14.4 Å². The Morgan fingerprint density at radius 3 is 2.85 bits per heavy atom. The normalized spacial score (nSPS) is 13.0. The third-order valence-corrected chi connectivity index (χ3v) is 4.67. The minimum atomic E-state index is -0.152. The molecule has 7 heteroatoms. The van der Waals surface area contributed by atoms with Gasteiger partial charge in [-0.2, -0.15) is 0 Å². The number of amides is 2. The number of carbonyl (C=O) groups excluding carboxylic acids is 2. The minimum Gasteiger partial charge on any atom is -0.496 e. The number of methoxy groups -OCH3 is 1. The molecule has 0 N–H and O–H groups in total. The van der Waals surface area contributed by atoms with Gasteiger partial charge in [-0.15, -0.1) is 0 Å². The SMILES string of the molecule is COc1ccc(Cl)cc1CN(C)C(=O)CCN1C(=O)COc2ccccc21. The molecule has 2 aromatic rings. The van der Waals surface area contributed by atoms with Gasteiger partial charge < -0.3 is 19.3 Å². The van der Waals surface area contributed by atoms with Crippen molar-refractivity contribution in [1.82, 2.24) is 4.90 Å². The lowest BCUT2D eigenvalue weighted by Gasteiger charge is -2.29. The number of benzene rings is 2. The summed E-state index contributed by atoms with van der Waals surface area (Å²) in [7, 11) is 3.30. The second kappa shape index (κ2) is 8.31. The second-order valence-electron chi connectivity index (χ2n) is 6.26. The first-order chi connectivity index (χ1) is 13.0. The first-order valence-corrected chi connectivity index (χ1v) is 8.96. The number of nitrogens with zero attached hydrogens (tertiary/aromatic N) is 2.